The average Bonchev–Trinajstić information content (AvgIpc) is 2.83. The SMILES string of the molecule is CC1SCCSC1C(O)Cc1csc2ccccc12. The van der Waals surface area contributed by atoms with Crippen molar-refractivity contribution in [3.05, 3.63) is 35.2 Å². The molecular formula is C15H18OS3. The van der Waals surface area contributed by atoms with Gasteiger partial charge in [0.2, 0.25) is 0 Å². The summed E-state index contributed by atoms with van der Waals surface area (Å²) < 4.78 is 1.32. The Bertz CT molecular complexity index is 551. The summed E-state index contributed by atoms with van der Waals surface area (Å²) in [4.78, 5) is 0. The van der Waals surface area contributed by atoms with Gasteiger partial charge in [0.25, 0.3) is 0 Å². The molecule has 0 spiro atoms. The first-order valence-electron chi connectivity index (χ1n) is 6.62. The summed E-state index contributed by atoms with van der Waals surface area (Å²) in [6, 6.07) is 8.48. The highest BCUT2D eigenvalue weighted by atomic mass is 32.2. The molecule has 1 nitrogen and oxygen atoms in total. The number of aliphatic hydroxyl groups is 1. The van der Waals surface area contributed by atoms with Gasteiger partial charge < -0.3 is 5.11 Å². The number of benzene rings is 1. The van der Waals surface area contributed by atoms with Gasteiger partial charge in [-0.3, -0.25) is 0 Å². The minimum atomic E-state index is -0.231. The van der Waals surface area contributed by atoms with Crippen LogP contribution in [-0.2, 0) is 6.42 Å². The summed E-state index contributed by atoms with van der Waals surface area (Å²) in [5.74, 6) is 2.39. The van der Waals surface area contributed by atoms with E-state index in [1.807, 2.05) is 23.5 Å². The van der Waals surface area contributed by atoms with Crippen molar-refractivity contribution < 1.29 is 5.11 Å². The van der Waals surface area contributed by atoms with Gasteiger partial charge in [0.1, 0.15) is 0 Å². The Balaban J connectivity index is 1.77. The van der Waals surface area contributed by atoms with Crippen LogP contribution >= 0.6 is 34.9 Å². The Hall–Kier alpha value is -0.160. The highest BCUT2D eigenvalue weighted by Gasteiger charge is 2.29. The fourth-order valence-corrected chi connectivity index (χ4v) is 6.43. The first-order chi connectivity index (χ1) is 9.25. The molecule has 3 atom stereocenters. The van der Waals surface area contributed by atoms with E-state index >= 15 is 0 Å². The number of hydrogen-bond acceptors (Lipinski definition) is 4. The fourth-order valence-electron chi connectivity index (χ4n) is 2.60. The van der Waals surface area contributed by atoms with Crippen LogP contribution in [0.1, 0.15) is 12.5 Å². The van der Waals surface area contributed by atoms with E-state index in [0.717, 1.165) is 6.42 Å². The number of hydrogen-bond donors (Lipinski definition) is 1. The third-order valence-corrected chi connectivity index (χ3v) is 7.86. The van der Waals surface area contributed by atoms with Crippen molar-refractivity contribution in [2.24, 2.45) is 0 Å². The van der Waals surface area contributed by atoms with Crippen molar-refractivity contribution in [2.75, 3.05) is 11.5 Å². The normalized spacial score (nSPS) is 25.6. The molecule has 0 aliphatic carbocycles. The maximum Gasteiger partial charge on any atom is 0.0710 e. The maximum absolute atomic E-state index is 10.5. The first-order valence-corrected chi connectivity index (χ1v) is 9.60. The van der Waals surface area contributed by atoms with Gasteiger partial charge in [0.15, 0.2) is 0 Å². The Morgan fingerprint density at radius 1 is 1.26 bits per heavy atom. The molecule has 1 aliphatic rings. The van der Waals surface area contributed by atoms with Gasteiger partial charge in [-0.15, -0.1) is 11.3 Å². The van der Waals surface area contributed by atoms with E-state index in [2.05, 4.69) is 36.6 Å². The molecular weight excluding hydrogens is 292 g/mol. The number of aliphatic hydroxyl groups excluding tert-OH is 1. The second-order valence-corrected chi connectivity index (χ2v) is 8.62. The number of thiophene rings is 1. The molecule has 0 bridgehead atoms. The molecule has 0 amide bonds. The molecule has 0 radical (unpaired) electrons. The van der Waals surface area contributed by atoms with Crippen LogP contribution in [0.25, 0.3) is 10.1 Å². The van der Waals surface area contributed by atoms with Crippen molar-refractivity contribution >= 4 is 44.9 Å². The minimum Gasteiger partial charge on any atom is -0.392 e. The highest BCUT2D eigenvalue weighted by Crippen LogP contribution is 2.35. The fraction of sp³-hybridized carbons (Fsp3) is 0.467. The van der Waals surface area contributed by atoms with Gasteiger partial charge in [0, 0.05) is 33.1 Å². The van der Waals surface area contributed by atoms with Gasteiger partial charge in [-0.25, -0.2) is 0 Å². The van der Waals surface area contributed by atoms with Crippen LogP contribution in [0.15, 0.2) is 29.6 Å². The second-order valence-electron chi connectivity index (χ2n) is 4.94. The minimum absolute atomic E-state index is 0.231. The highest BCUT2D eigenvalue weighted by molar-refractivity contribution is 8.07. The van der Waals surface area contributed by atoms with Crippen molar-refractivity contribution in [2.45, 2.75) is 29.9 Å². The van der Waals surface area contributed by atoms with Crippen molar-refractivity contribution in [1.82, 2.24) is 0 Å². The lowest BCUT2D eigenvalue weighted by Crippen LogP contribution is -2.35. The molecule has 1 N–H and O–H groups in total. The van der Waals surface area contributed by atoms with E-state index in [-0.39, 0.29) is 6.10 Å². The van der Waals surface area contributed by atoms with Gasteiger partial charge in [-0.05, 0) is 22.4 Å². The predicted octanol–water partition coefficient (Wildman–Crippen LogP) is 4.04. The van der Waals surface area contributed by atoms with E-state index in [1.54, 1.807) is 11.3 Å². The monoisotopic (exact) mass is 310 g/mol. The lowest BCUT2D eigenvalue weighted by Gasteiger charge is -2.31. The smallest absolute Gasteiger partial charge is 0.0710 e. The molecule has 19 heavy (non-hydrogen) atoms. The molecule has 3 rings (SSSR count). The lowest BCUT2D eigenvalue weighted by atomic mass is 10.0. The third kappa shape index (κ3) is 2.97. The van der Waals surface area contributed by atoms with Crippen LogP contribution in [-0.4, -0.2) is 33.2 Å². The van der Waals surface area contributed by atoms with Crippen LogP contribution in [0.5, 0.6) is 0 Å². The quantitative estimate of drug-likeness (QED) is 0.924. The molecule has 0 saturated carbocycles. The molecule has 4 heteroatoms. The van der Waals surface area contributed by atoms with E-state index in [9.17, 15) is 5.11 Å². The summed E-state index contributed by atoms with van der Waals surface area (Å²) in [6.45, 7) is 2.25. The van der Waals surface area contributed by atoms with Crippen molar-refractivity contribution in [1.29, 1.82) is 0 Å². The van der Waals surface area contributed by atoms with E-state index in [0.29, 0.717) is 10.5 Å². The van der Waals surface area contributed by atoms with E-state index in [4.69, 9.17) is 0 Å². The summed E-state index contributed by atoms with van der Waals surface area (Å²) in [6.07, 6.45) is 0.554. The summed E-state index contributed by atoms with van der Waals surface area (Å²) >= 11 is 5.71. The largest absolute Gasteiger partial charge is 0.392 e. The zero-order chi connectivity index (χ0) is 13.2. The summed E-state index contributed by atoms with van der Waals surface area (Å²) in [5, 5.41) is 15.0. The maximum atomic E-state index is 10.5. The Morgan fingerprint density at radius 2 is 2.05 bits per heavy atom. The zero-order valence-electron chi connectivity index (χ0n) is 10.9. The van der Waals surface area contributed by atoms with Gasteiger partial charge in [-0.1, -0.05) is 25.1 Å². The predicted molar refractivity (Wildman–Crippen MR) is 89.7 cm³/mol. The number of thioether (sulfide) groups is 2. The average molecular weight is 311 g/mol. The Labute approximate surface area is 126 Å². The zero-order valence-corrected chi connectivity index (χ0v) is 13.4. The van der Waals surface area contributed by atoms with Crippen LogP contribution in [0, 0.1) is 0 Å². The lowest BCUT2D eigenvalue weighted by molar-refractivity contribution is 0.172. The second kappa shape index (κ2) is 6.08. The first kappa shape index (κ1) is 13.8. The standard InChI is InChI=1S/C15H18OS3/c1-10-15(18-7-6-17-10)13(16)8-11-9-19-14-5-3-2-4-12(11)14/h2-5,9-10,13,15-16H,6-8H2,1H3. The van der Waals surface area contributed by atoms with Crippen LogP contribution in [0.3, 0.4) is 0 Å². The van der Waals surface area contributed by atoms with Crippen LogP contribution in [0.4, 0.5) is 0 Å². The van der Waals surface area contributed by atoms with Gasteiger partial charge in [0.05, 0.1) is 6.10 Å². The number of rotatable bonds is 3. The summed E-state index contributed by atoms with van der Waals surface area (Å²) in [5.41, 5.74) is 1.30. The molecule has 1 aliphatic heterocycles. The molecule has 3 unspecified atom stereocenters. The molecule has 2 heterocycles. The molecule has 102 valence electrons. The van der Waals surface area contributed by atoms with Crippen LogP contribution < -0.4 is 0 Å². The molecule has 1 aromatic heterocycles. The van der Waals surface area contributed by atoms with E-state index in [1.165, 1.54) is 27.2 Å². The van der Waals surface area contributed by atoms with Crippen molar-refractivity contribution in [3.8, 4) is 0 Å². The number of fused-ring (bicyclic) bond motifs is 1. The molecule has 1 saturated heterocycles. The molecule has 2 aromatic rings. The van der Waals surface area contributed by atoms with Gasteiger partial charge >= 0.3 is 0 Å². The van der Waals surface area contributed by atoms with Gasteiger partial charge in [-0.2, -0.15) is 23.5 Å². The molecule has 1 fully saturated rings. The molecule has 1 aromatic carbocycles. The Kier molecular flexibility index (Phi) is 4.42. The van der Waals surface area contributed by atoms with E-state index < -0.39 is 0 Å². The summed E-state index contributed by atoms with van der Waals surface area (Å²) in [7, 11) is 0. The Morgan fingerprint density at radius 3 is 2.89 bits per heavy atom. The third-order valence-electron chi connectivity index (χ3n) is 3.61. The van der Waals surface area contributed by atoms with Crippen LogP contribution in [0.2, 0.25) is 0 Å². The topological polar surface area (TPSA) is 20.2 Å². The van der Waals surface area contributed by atoms with Crippen molar-refractivity contribution in [3.63, 3.8) is 0 Å².